The first-order valence-electron chi connectivity index (χ1n) is 7.37. The number of rotatable bonds is 4. The Morgan fingerprint density at radius 2 is 1.95 bits per heavy atom. The van der Waals surface area contributed by atoms with Crippen molar-refractivity contribution in [2.75, 3.05) is 20.1 Å². The van der Waals surface area contributed by atoms with Crippen LogP contribution in [0, 0.1) is 0 Å². The summed E-state index contributed by atoms with van der Waals surface area (Å²) in [4.78, 5) is 14.7. The second kappa shape index (κ2) is 6.87. The van der Waals surface area contributed by atoms with Crippen LogP contribution < -0.4 is 0 Å². The van der Waals surface area contributed by atoms with Crippen LogP contribution in [0.4, 0.5) is 0 Å². The highest BCUT2D eigenvalue weighted by Gasteiger charge is 2.38. The Kier molecular flexibility index (Phi) is 5.15. The number of ether oxygens (including phenoxy) is 1. The third kappa shape index (κ3) is 3.71. The van der Waals surface area contributed by atoms with Crippen molar-refractivity contribution in [3.8, 4) is 0 Å². The Labute approximate surface area is 126 Å². The van der Waals surface area contributed by atoms with Gasteiger partial charge in [0, 0.05) is 13.1 Å². The predicted octanol–water partition coefficient (Wildman–Crippen LogP) is 2.09. The number of allylic oxidation sites excluding steroid dienone is 1. The molecule has 1 aliphatic heterocycles. The first kappa shape index (κ1) is 15.7. The smallest absolute Gasteiger partial charge is 0.347 e. The van der Waals surface area contributed by atoms with Gasteiger partial charge in [0.15, 0.2) is 0 Å². The van der Waals surface area contributed by atoms with Crippen LogP contribution in [-0.2, 0) is 15.1 Å². The lowest BCUT2D eigenvalue weighted by molar-refractivity contribution is -0.169. The molecule has 1 saturated heterocycles. The fourth-order valence-electron chi connectivity index (χ4n) is 2.56. The monoisotopic (exact) mass is 289 g/mol. The summed E-state index contributed by atoms with van der Waals surface area (Å²) in [6.45, 7) is 3.59. The van der Waals surface area contributed by atoms with Gasteiger partial charge in [0.2, 0.25) is 5.60 Å². The van der Waals surface area contributed by atoms with Crippen molar-refractivity contribution in [1.29, 1.82) is 0 Å². The van der Waals surface area contributed by atoms with Crippen LogP contribution >= 0.6 is 0 Å². The van der Waals surface area contributed by atoms with Crippen LogP contribution in [-0.4, -0.2) is 42.2 Å². The van der Waals surface area contributed by atoms with Crippen molar-refractivity contribution in [3.63, 3.8) is 0 Å². The molecule has 1 N–H and O–H groups in total. The number of piperidine rings is 1. The van der Waals surface area contributed by atoms with Crippen LogP contribution in [0.5, 0.6) is 0 Å². The molecule has 0 amide bonds. The third-order valence-electron chi connectivity index (χ3n) is 3.87. The highest BCUT2D eigenvalue weighted by molar-refractivity contribution is 5.83. The Morgan fingerprint density at radius 3 is 2.52 bits per heavy atom. The summed E-state index contributed by atoms with van der Waals surface area (Å²) in [5.41, 5.74) is -1.18. The molecule has 1 aromatic carbocycles. The number of hydrogen-bond acceptors (Lipinski definition) is 4. The van der Waals surface area contributed by atoms with Gasteiger partial charge in [-0.3, -0.25) is 0 Å². The molecule has 0 spiro atoms. The van der Waals surface area contributed by atoms with Gasteiger partial charge in [-0.15, -0.1) is 0 Å². The largest absolute Gasteiger partial charge is 0.460 e. The van der Waals surface area contributed by atoms with E-state index >= 15 is 0 Å². The molecule has 4 nitrogen and oxygen atoms in total. The summed E-state index contributed by atoms with van der Waals surface area (Å²) in [5.74, 6) is -0.596. The number of likely N-dealkylation sites (tertiary alicyclic amines) is 1. The number of carbonyl (C=O) groups excluding carboxylic acids is 1. The maximum absolute atomic E-state index is 12.5. The normalized spacial score (nSPS) is 20.3. The van der Waals surface area contributed by atoms with Crippen LogP contribution in [0.15, 0.2) is 42.5 Å². The van der Waals surface area contributed by atoms with Gasteiger partial charge in [0.25, 0.3) is 0 Å². The Morgan fingerprint density at radius 1 is 1.33 bits per heavy atom. The van der Waals surface area contributed by atoms with Crippen molar-refractivity contribution in [3.05, 3.63) is 48.0 Å². The van der Waals surface area contributed by atoms with Gasteiger partial charge in [-0.1, -0.05) is 36.4 Å². The lowest BCUT2D eigenvalue weighted by Gasteiger charge is -2.31. The van der Waals surface area contributed by atoms with E-state index in [1.54, 1.807) is 37.3 Å². The standard InChI is InChI=1S/C17H23NO3/c1-3-11-17(20,14-7-5-4-6-8-14)16(19)21-15-9-12-18(2)13-10-15/h3-8,11,15,20H,9-10,12-13H2,1-2H3/b11-3+. The number of aliphatic hydroxyl groups is 1. The molecule has 0 aliphatic carbocycles. The molecule has 21 heavy (non-hydrogen) atoms. The van der Waals surface area contributed by atoms with Gasteiger partial charge in [0.05, 0.1) is 0 Å². The first-order valence-corrected chi connectivity index (χ1v) is 7.37. The number of benzene rings is 1. The van der Waals surface area contributed by atoms with Crippen molar-refractivity contribution >= 4 is 5.97 Å². The van der Waals surface area contributed by atoms with Gasteiger partial charge >= 0.3 is 5.97 Å². The fraction of sp³-hybridized carbons (Fsp3) is 0.471. The molecule has 114 valence electrons. The molecule has 1 aliphatic rings. The van der Waals surface area contributed by atoms with Crippen molar-refractivity contribution in [1.82, 2.24) is 4.90 Å². The Bertz CT molecular complexity index is 492. The molecular weight excluding hydrogens is 266 g/mol. The van der Waals surface area contributed by atoms with Gasteiger partial charge in [0.1, 0.15) is 6.10 Å². The van der Waals surface area contributed by atoms with E-state index in [1.807, 2.05) is 6.07 Å². The van der Waals surface area contributed by atoms with Gasteiger partial charge < -0.3 is 14.7 Å². The summed E-state index contributed by atoms with van der Waals surface area (Å²) in [7, 11) is 2.05. The van der Waals surface area contributed by atoms with Crippen molar-refractivity contribution in [2.24, 2.45) is 0 Å². The van der Waals surface area contributed by atoms with Crippen LogP contribution in [0.2, 0.25) is 0 Å². The lowest BCUT2D eigenvalue weighted by Crippen LogP contribution is -2.41. The third-order valence-corrected chi connectivity index (χ3v) is 3.87. The minimum atomic E-state index is -1.71. The zero-order valence-electron chi connectivity index (χ0n) is 12.7. The molecule has 0 radical (unpaired) electrons. The maximum atomic E-state index is 12.5. The highest BCUT2D eigenvalue weighted by atomic mass is 16.6. The summed E-state index contributed by atoms with van der Waals surface area (Å²) in [6, 6.07) is 8.91. The average Bonchev–Trinajstić information content (AvgIpc) is 2.50. The lowest BCUT2D eigenvalue weighted by atomic mass is 9.93. The average molecular weight is 289 g/mol. The molecule has 0 aromatic heterocycles. The topological polar surface area (TPSA) is 49.8 Å². The van der Waals surface area contributed by atoms with Crippen LogP contribution in [0.3, 0.4) is 0 Å². The van der Waals surface area contributed by atoms with Crippen molar-refractivity contribution < 1.29 is 14.6 Å². The van der Waals surface area contributed by atoms with E-state index in [1.165, 1.54) is 6.08 Å². The maximum Gasteiger partial charge on any atom is 0.347 e. The SMILES string of the molecule is C/C=C/C(O)(C(=O)OC1CCN(C)CC1)c1ccccc1. The predicted molar refractivity (Wildman–Crippen MR) is 81.8 cm³/mol. The van der Waals surface area contributed by atoms with E-state index in [2.05, 4.69) is 11.9 Å². The minimum absolute atomic E-state index is 0.116. The summed E-state index contributed by atoms with van der Waals surface area (Å²) in [6.07, 6.45) is 4.66. The number of esters is 1. The summed E-state index contributed by atoms with van der Waals surface area (Å²) >= 11 is 0. The molecule has 1 unspecified atom stereocenters. The van der Waals surface area contributed by atoms with Gasteiger partial charge in [-0.05, 0) is 38.5 Å². The molecule has 1 fully saturated rings. The van der Waals surface area contributed by atoms with E-state index in [0.717, 1.165) is 25.9 Å². The van der Waals surface area contributed by atoms with E-state index in [0.29, 0.717) is 5.56 Å². The fourth-order valence-corrected chi connectivity index (χ4v) is 2.56. The van der Waals surface area contributed by atoms with E-state index in [9.17, 15) is 9.90 Å². The number of carbonyl (C=O) groups is 1. The molecule has 1 atom stereocenters. The zero-order chi connectivity index (χ0) is 15.3. The zero-order valence-corrected chi connectivity index (χ0v) is 12.7. The molecule has 0 saturated carbocycles. The summed E-state index contributed by atoms with van der Waals surface area (Å²) < 4.78 is 5.54. The minimum Gasteiger partial charge on any atom is -0.460 e. The van der Waals surface area contributed by atoms with Crippen LogP contribution in [0.25, 0.3) is 0 Å². The number of hydrogen-bond donors (Lipinski definition) is 1. The second-order valence-electron chi connectivity index (χ2n) is 5.54. The molecule has 2 rings (SSSR count). The molecular formula is C17H23NO3. The Hall–Kier alpha value is -1.65. The van der Waals surface area contributed by atoms with Crippen molar-refractivity contribution in [2.45, 2.75) is 31.5 Å². The quantitative estimate of drug-likeness (QED) is 0.681. The Balaban J connectivity index is 2.13. The summed E-state index contributed by atoms with van der Waals surface area (Å²) in [5, 5.41) is 10.8. The van der Waals surface area contributed by atoms with Gasteiger partial charge in [-0.25, -0.2) is 4.79 Å². The number of nitrogens with zero attached hydrogens (tertiary/aromatic N) is 1. The van der Waals surface area contributed by atoms with E-state index in [-0.39, 0.29) is 6.10 Å². The first-order chi connectivity index (χ1) is 10.1. The molecule has 1 heterocycles. The highest BCUT2D eigenvalue weighted by Crippen LogP contribution is 2.26. The second-order valence-corrected chi connectivity index (χ2v) is 5.54. The van der Waals surface area contributed by atoms with Gasteiger partial charge in [-0.2, -0.15) is 0 Å². The van der Waals surface area contributed by atoms with E-state index < -0.39 is 11.6 Å². The molecule has 4 heteroatoms. The van der Waals surface area contributed by atoms with E-state index in [4.69, 9.17) is 4.74 Å². The molecule has 0 bridgehead atoms. The van der Waals surface area contributed by atoms with Crippen LogP contribution in [0.1, 0.15) is 25.3 Å². The molecule has 1 aromatic rings.